The van der Waals surface area contributed by atoms with Gasteiger partial charge in [0.2, 0.25) is 0 Å². The summed E-state index contributed by atoms with van der Waals surface area (Å²) >= 11 is 6.06. The average Bonchev–Trinajstić information content (AvgIpc) is 2.94. The Morgan fingerprint density at radius 1 is 1.05 bits per heavy atom. The van der Waals surface area contributed by atoms with E-state index in [9.17, 15) is 4.79 Å². The molecule has 0 aromatic heterocycles. The molecule has 1 aliphatic carbocycles. The molecular formula is C18H16ClNO2. The molecule has 2 aromatic carbocycles. The minimum absolute atomic E-state index is 0.242. The predicted molar refractivity (Wildman–Crippen MR) is 88.5 cm³/mol. The highest BCUT2D eigenvalue weighted by Crippen LogP contribution is 2.29. The number of benzene rings is 2. The second-order valence-corrected chi connectivity index (χ2v) is 5.55. The number of anilines is 1. The third-order valence-corrected chi connectivity index (χ3v) is 3.85. The lowest BCUT2D eigenvalue weighted by atomic mass is 10.2. The van der Waals surface area contributed by atoms with Gasteiger partial charge in [-0.1, -0.05) is 23.7 Å². The van der Waals surface area contributed by atoms with Crippen molar-refractivity contribution in [3.05, 3.63) is 65.3 Å². The monoisotopic (exact) mass is 313 g/mol. The summed E-state index contributed by atoms with van der Waals surface area (Å²) in [6, 6.07) is 14.9. The van der Waals surface area contributed by atoms with E-state index in [-0.39, 0.29) is 5.78 Å². The third kappa shape index (κ3) is 3.49. The zero-order chi connectivity index (χ0) is 15.4. The third-order valence-electron chi connectivity index (χ3n) is 3.54. The Labute approximate surface area is 134 Å². The van der Waals surface area contributed by atoms with Gasteiger partial charge in [-0.3, -0.25) is 4.79 Å². The van der Waals surface area contributed by atoms with Gasteiger partial charge in [-0.15, -0.1) is 0 Å². The fourth-order valence-electron chi connectivity index (χ4n) is 2.34. The van der Waals surface area contributed by atoms with Gasteiger partial charge in [0.1, 0.15) is 11.5 Å². The highest BCUT2D eigenvalue weighted by atomic mass is 35.5. The van der Waals surface area contributed by atoms with Crippen LogP contribution in [0.25, 0.3) is 0 Å². The summed E-state index contributed by atoms with van der Waals surface area (Å²) in [5.74, 6) is 1.58. The summed E-state index contributed by atoms with van der Waals surface area (Å²) in [4.78, 5) is 11.5. The van der Waals surface area contributed by atoms with Crippen LogP contribution in [-0.4, -0.2) is 5.78 Å². The van der Waals surface area contributed by atoms with E-state index in [4.69, 9.17) is 16.3 Å². The van der Waals surface area contributed by atoms with Gasteiger partial charge in [0.05, 0.1) is 5.02 Å². The van der Waals surface area contributed by atoms with Gasteiger partial charge in [-0.25, -0.2) is 0 Å². The molecule has 0 unspecified atom stereocenters. The number of Topliss-reactive ketones (excluding diaryl/α,β-unsaturated/α-hetero) is 1. The van der Waals surface area contributed by atoms with Gasteiger partial charge >= 0.3 is 0 Å². The normalized spacial score (nSPS) is 16.0. The maximum atomic E-state index is 11.5. The van der Waals surface area contributed by atoms with Crippen LogP contribution < -0.4 is 10.1 Å². The van der Waals surface area contributed by atoms with E-state index in [1.165, 1.54) is 0 Å². The lowest BCUT2D eigenvalue weighted by molar-refractivity contribution is -0.114. The number of carbonyl (C=O) groups excluding carboxylic acids is 1. The molecular weight excluding hydrogens is 298 g/mol. The molecule has 0 saturated heterocycles. The molecule has 0 bridgehead atoms. The smallest absolute Gasteiger partial charge is 0.160 e. The molecule has 22 heavy (non-hydrogen) atoms. The second kappa shape index (κ2) is 6.67. The fourth-order valence-corrected chi connectivity index (χ4v) is 2.51. The van der Waals surface area contributed by atoms with Crippen molar-refractivity contribution in [2.45, 2.75) is 19.3 Å². The topological polar surface area (TPSA) is 38.3 Å². The number of hydrogen-bond donors (Lipinski definition) is 1. The number of ketones is 1. The first-order chi connectivity index (χ1) is 10.7. The molecule has 3 rings (SSSR count). The molecule has 1 N–H and O–H groups in total. The van der Waals surface area contributed by atoms with E-state index in [1.807, 2.05) is 42.5 Å². The van der Waals surface area contributed by atoms with Gasteiger partial charge < -0.3 is 10.1 Å². The minimum Gasteiger partial charge on any atom is -0.456 e. The molecule has 1 saturated carbocycles. The highest BCUT2D eigenvalue weighted by molar-refractivity contribution is 6.32. The number of hydrogen-bond acceptors (Lipinski definition) is 3. The van der Waals surface area contributed by atoms with Gasteiger partial charge in [-0.2, -0.15) is 0 Å². The van der Waals surface area contributed by atoms with E-state index in [0.717, 1.165) is 24.1 Å². The van der Waals surface area contributed by atoms with Crippen LogP contribution in [0.1, 0.15) is 19.3 Å². The maximum Gasteiger partial charge on any atom is 0.160 e. The number of ether oxygens (including phenoxy) is 1. The van der Waals surface area contributed by atoms with E-state index in [0.29, 0.717) is 22.9 Å². The van der Waals surface area contributed by atoms with Gasteiger partial charge in [-0.05, 0) is 49.2 Å². The maximum absolute atomic E-state index is 11.5. The van der Waals surface area contributed by atoms with E-state index >= 15 is 0 Å². The number of rotatable bonds is 4. The quantitative estimate of drug-likeness (QED) is 0.790. The standard InChI is InChI=1S/C18H16ClNO2/c19-16-5-1-2-7-18(16)22-15-10-8-14(9-11-15)20-12-13-4-3-6-17(13)21/h1-2,5,7-12,20H,3-4,6H2/b13-12-. The second-order valence-electron chi connectivity index (χ2n) is 5.15. The van der Waals surface area contributed by atoms with E-state index in [1.54, 1.807) is 12.3 Å². The van der Waals surface area contributed by atoms with Crippen molar-refractivity contribution >= 4 is 23.1 Å². The van der Waals surface area contributed by atoms with E-state index < -0.39 is 0 Å². The van der Waals surface area contributed by atoms with Gasteiger partial charge in [0.15, 0.2) is 5.78 Å². The van der Waals surface area contributed by atoms with Crippen LogP contribution in [0.3, 0.4) is 0 Å². The first kappa shape index (κ1) is 14.7. The lowest BCUT2D eigenvalue weighted by Crippen LogP contribution is -1.96. The number of allylic oxidation sites excluding steroid dienone is 1. The first-order valence-electron chi connectivity index (χ1n) is 7.23. The summed E-state index contributed by atoms with van der Waals surface area (Å²) in [7, 11) is 0. The molecule has 0 amide bonds. The molecule has 0 spiro atoms. The number of para-hydroxylation sites is 1. The average molecular weight is 314 g/mol. The Morgan fingerprint density at radius 2 is 1.82 bits per heavy atom. The van der Waals surface area contributed by atoms with Crippen molar-refractivity contribution in [2.24, 2.45) is 0 Å². The molecule has 0 atom stereocenters. The fraction of sp³-hybridized carbons (Fsp3) is 0.167. The van der Waals surface area contributed by atoms with Crippen LogP contribution in [0.5, 0.6) is 11.5 Å². The SMILES string of the molecule is O=C1CCC/C1=C/Nc1ccc(Oc2ccccc2Cl)cc1. The Morgan fingerprint density at radius 3 is 2.50 bits per heavy atom. The minimum atomic E-state index is 0.242. The molecule has 0 radical (unpaired) electrons. The number of halogens is 1. The Hall–Kier alpha value is -2.26. The zero-order valence-electron chi connectivity index (χ0n) is 12.0. The van der Waals surface area contributed by atoms with Crippen LogP contribution in [0.2, 0.25) is 5.02 Å². The van der Waals surface area contributed by atoms with Crippen molar-refractivity contribution < 1.29 is 9.53 Å². The summed E-state index contributed by atoms with van der Waals surface area (Å²) in [6.07, 6.45) is 4.29. The van der Waals surface area contributed by atoms with Crippen molar-refractivity contribution in [3.63, 3.8) is 0 Å². The van der Waals surface area contributed by atoms with Crippen LogP contribution in [0, 0.1) is 0 Å². The van der Waals surface area contributed by atoms with E-state index in [2.05, 4.69) is 5.32 Å². The summed E-state index contributed by atoms with van der Waals surface area (Å²) < 4.78 is 5.73. The van der Waals surface area contributed by atoms with Crippen molar-refractivity contribution in [1.82, 2.24) is 0 Å². The van der Waals surface area contributed by atoms with Crippen LogP contribution in [0.15, 0.2) is 60.3 Å². The molecule has 2 aromatic rings. The summed E-state index contributed by atoms with van der Waals surface area (Å²) in [5, 5.41) is 3.73. The summed E-state index contributed by atoms with van der Waals surface area (Å²) in [5.41, 5.74) is 1.79. The largest absolute Gasteiger partial charge is 0.456 e. The van der Waals surface area contributed by atoms with Gasteiger partial charge in [0, 0.05) is 23.9 Å². The zero-order valence-corrected chi connectivity index (χ0v) is 12.8. The number of nitrogens with one attached hydrogen (secondary N) is 1. The molecule has 0 aliphatic heterocycles. The van der Waals surface area contributed by atoms with Crippen molar-refractivity contribution in [1.29, 1.82) is 0 Å². The number of carbonyl (C=O) groups is 1. The Bertz CT molecular complexity index is 707. The highest BCUT2D eigenvalue weighted by Gasteiger charge is 2.16. The van der Waals surface area contributed by atoms with Crippen molar-refractivity contribution in [3.8, 4) is 11.5 Å². The Balaban J connectivity index is 1.65. The summed E-state index contributed by atoms with van der Waals surface area (Å²) in [6.45, 7) is 0. The van der Waals surface area contributed by atoms with Crippen molar-refractivity contribution in [2.75, 3.05) is 5.32 Å². The molecule has 1 fully saturated rings. The van der Waals surface area contributed by atoms with Crippen LogP contribution in [0.4, 0.5) is 5.69 Å². The molecule has 1 aliphatic rings. The lowest BCUT2D eigenvalue weighted by Gasteiger charge is -2.08. The molecule has 0 heterocycles. The van der Waals surface area contributed by atoms with Crippen LogP contribution in [-0.2, 0) is 4.79 Å². The Kier molecular flexibility index (Phi) is 4.45. The molecule has 3 nitrogen and oxygen atoms in total. The predicted octanol–water partition coefficient (Wildman–Crippen LogP) is 5.18. The first-order valence-corrected chi connectivity index (χ1v) is 7.61. The molecule has 4 heteroatoms. The molecule has 112 valence electrons. The van der Waals surface area contributed by atoms with Gasteiger partial charge in [0.25, 0.3) is 0 Å². The van der Waals surface area contributed by atoms with Crippen LogP contribution >= 0.6 is 11.6 Å².